The van der Waals surface area contributed by atoms with Gasteiger partial charge >= 0.3 is 0 Å². The minimum absolute atomic E-state index is 0.179. The highest BCUT2D eigenvalue weighted by Gasteiger charge is 2.09. The van der Waals surface area contributed by atoms with Crippen LogP contribution < -0.4 is 5.32 Å². The topological polar surface area (TPSA) is 42.0 Å². The Labute approximate surface area is 122 Å². The van der Waals surface area contributed by atoms with Gasteiger partial charge in [0.2, 0.25) is 0 Å². The van der Waals surface area contributed by atoms with Crippen molar-refractivity contribution in [1.82, 2.24) is 4.98 Å². The average Bonchev–Trinajstić information content (AvgIpc) is 2.36. The molecule has 0 aliphatic rings. The van der Waals surface area contributed by atoms with Crippen LogP contribution in [-0.2, 0) is 0 Å². The van der Waals surface area contributed by atoms with Crippen LogP contribution in [0.3, 0.4) is 0 Å². The van der Waals surface area contributed by atoms with E-state index < -0.39 is 0 Å². The van der Waals surface area contributed by atoms with Gasteiger partial charge in [-0.3, -0.25) is 4.79 Å². The van der Waals surface area contributed by atoms with Crippen molar-refractivity contribution in [2.24, 2.45) is 0 Å². The molecule has 0 aliphatic carbocycles. The summed E-state index contributed by atoms with van der Waals surface area (Å²) in [5, 5.41) is 2.85. The number of benzene rings is 1. The molecule has 18 heavy (non-hydrogen) atoms. The average molecular weight is 370 g/mol. The standard InChI is InChI=1S/C13H10Br2N2O/c1-8-3-2-4-10(12(8)15)17-13(18)9-5-6-11(14)16-7-9/h2-7H,1H3,(H,17,18). The number of nitrogens with one attached hydrogen (secondary N) is 1. The van der Waals surface area contributed by atoms with Crippen molar-refractivity contribution in [2.75, 3.05) is 5.32 Å². The quantitative estimate of drug-likeness (QED) is 0.807. The summed E-state index contributed by atoms with van der Waals surface area (Å²) in [6.45, 7) is 1.97. The Balaban J connectivity index is 2.21. The molecule has 0 saturated heterocycles. The van der Waals surface area contributed by atoms with Crippen LogP contribution in [0.4, 0.5) is 5.69 Å². The largest absolute Gasteiger partial charge is 0.321 e. The first-order valence-electron chi connectivity index (χ1n) is 5.26. The SMILES string of the molecule is Cc1cccc(NC(=O)c2ccc(Br)nc2)c1Br. The predicted octanol–water partition coefficient (Wildman–Crippen LogP) is 4.17. The minimum Gasteiger partial charge on any atom is -0.321 e. The third-order valence-electron chi connectivity index (χ3n) is 2.43. The second-order valence-electron chi connectivity index (χ2n) is 3.76. The molecule has 1 amide bonds. The van der Waals surface area contributed by atoms with Crippen LogP contribution in [0.1, 0.15) is 15.9 Å². The van der Waals surface area contributed by atoms with Gasteiger partial charge < -0.3 is 5.32 Å². The molecule has 3 nitrogen and oxygen atoms in total. The molecule has 0 radical (unpaired) electrons. The molecule has 1 aromatic carbocycles. The Hall–Kier alpha value is -1.20. The Kier molecular flexibility index (Phi) is 4.14. The van der Waals surface area contributed by atoms with E-state index in [0.717, 1.165) is 15.7 Å². The first-order chi connectivity index (χ1) is 8.58. The van der Waals surface area contributed by atoms with Crippen LogP contribution in [0.25, 0.3) is 0 Å². The lowest BCUT2D eigenvalue weighted by molar-refractivity contribution is 0.102. The van der Waals surface area contributed by atoms with Crippen molar-refractivity contribution in [2.45, 2.75) is 6.92 Å². The molecule has 0 spiro atoms. The number of pyridine rings is 1. The van der Waals surface area contributed by atoms with Crippen LogP contribution in [0.5, 0.6) is 0 Å². The summed E-state index contributed by atoms with van der Waals surface area (Å²) in [6, 6.07) is 9.17. The number of aryl methyl sites for hydroxylation is 1. The number of anilines is 1. The molecule has 1 N–H and O–H groups in total. The predicted molar refractivity (Wildman–Crippen MR) is 78.8 cm³/mol. The summed E-state index contributed by atoms with van der Waals surface area (Å²) < 4.78 is 1.60. The summed E-state index contributed by atoms with van der Waals surface area (Å²) in [4.78, 5) is 16.0. The Morgan fingerprint density at radius 3 is 2.67 bits per heavy atom. The van der Waals surface area contributed by atoms with E-state index >= 15 is 0 Å². The molecule has 2 rings (SSSR count). The van der Waals surface area contributed by atoms with Gasteiger partial charge in [0.1, 0.15) is 4.60 Å². The van der Waals surface area contributed by atoms with Gasteiger partial charge in [0, 0.05) is 10.7 Å². The van der Waals surface area contributed by atoms with Crippen LogP contribution in [0.2, 0.25) is 0 Å². The lowest BCUT2D eigenvalue weighted by atomic mass is 10.2. The normalized spacial score (nSPS) is 10.2. The summed E-state index contributed by atoms with van der Waals surface area (Å²) in [5.74, 6) is -0.179. The molecule has 2 aromatic rings. The molecule has 0 fully saturated rings. The second kappa shape index (κ2) is 5.63. The summed E-state index contributed by atoms with van der Waals surface area (Å²) in [5.41, 5.74) is 2.34. The maximum atomic E-state index is 12.0. The maximum absolute atomic E-state index is 12.0. The fourth-order valence-electron chi connectivity index (χ4n) is 1.45. The van der Waals surface area contributed by atoms with Gasteiger partial charge in [0.05, 0.1) is 11.3 Å². The van der Waals surface area contributed by atoms with E-state index in [1.165, 1.54) is 6.20 Å². The third-order valence-corrected chi connectivity index (χ3v) is 3.95. The van der Waals surface area contributed by atoms with Crippen molar-refractivity contribution < 1.29 is 4.79 Å². The highest BCUT2D eigenvalue weighted by molar-refractivity contribution is 9.10. The van der Waals surface area contributed by atoms with Crippen molar-refractivity contribution in [3.05, 3.63) is 56.7 Å². The molecular formula is C13H10Br2N2O. The highest BCUT2D eigenvalue weighted by Crippen LogP contribution is 2.26. The molecule has 0 atom stereocenters. The minimum atomic E-state index is -0.179. The number of nitrogens with zero attached hydrogens (tertiary/aromatic N) is 1. The summed E-state index contributed by atoms with van der Waals surface area (Å²) in [7, 11) is 0. The number of amides is 1. The van der Waals surface area contributed by atoms with E-state index in [9.17, 15) is 4.79 Å². The number of rotatable bonds is 2. The third kappa shape index (κ3) is 2.97. The number of aromatic nitrogens is 1. The lowest BCUT2D eigenvalue weighted by Crippen LogP contribution is -2.12. The van der Waals surface area contributed by atoms with Crippen LogP contribution in [-0.4, -0.2) is 10.9 Å². The Bertz CT molecular complexity index is 582. The Morgan fingerprint density at radius 1 is 1.22 bits per heavy atom. The van der Waals surface area contributed by atoms with E-state index in [0.29, 0.717) is 10.2 Å². The summed E-state index contributed by atoms with van der Waals surface area (Å²) >= 11 is 6.69. The van der Waals surface area contributed by atoms with E-state index in [4.69, 9.17) is 0 Å². The van der Waals surface area contributed by atoms with Crippen molar-refractivity contribution in [3.8, 4) is 0 Å². The van der Waals surface area contributed by atoms with Crippen molar-refractivity contribution >= 4 is 43.5 Å². The molecule has 5 heteroatoms. The molecule has 0 saturated carbocycles. The number of halogens is 2. The molecular weight excluding hydrogens is 360 g/mol. The van der Waals surface area contributed by atoms with Crippen LogP contribution >= 0.6 is 31.9 Å². The van der Waals surface area contributed by atoms with E-state index in [-0.39, 0.29) is 5.91 Å². The van der Waals surface area contributed by atoms with E-state index in [1.807, 2.05) is 25.1 Å². The Morgan fingerprint density at radius 2 is 2.00 bits per heavy atom. The smallest absolute Gasteiger partial charge is 0.257 e. The highest BCUT2D eigenvalue weighted by atomic mass is 79.9. The number of hydrogen-bond donors (Lipinski definition) is 1. The van der Waals surface area contributed by atoms with Gasteiger partial charge in [0.15, 0.2) is 0 Å². The zero-order valence-corrected chi connectivity index (χ0v) is 12.7. The van der Waals surface area contributed by atoms with Crippen LogP contribution in [0, 0.1) is 6.92 Å². The van der Waals surface area contributed by atoms with Gasteiger partial charge in [-0.05, 0) is 62.5 Å². The number of carbonyl (C=O) groups excluding carboxylic acids is 1. The fraction of sp³-hybridized carbons (Fsp3) is 0.0769. The second-order valence-corrected chi connectivity index (χ2v) is 5.37. The zero-order chi connectivity index (χ0) is 13.1. The number of hydrogen-bond acceptors (Lipinski definition) is 2. The molecule has 1 heterocycles. The molecule has 0 bridgehead atoms. The summed E-state index contributed by atoms with van der Waals surface area (Å²) in [6.07, 6.45) is 1.53. The van der Waals surface area contributed by atoms with Gasteiger partial charge in [-0.15, -0.1) is 0 Å². The maximum Gasteiger partial charge on any atom is 0.257 e. The van der Waals surface area contributed by atoms with E-state index in [2.05, 4.69) is 42.2 Å². The van der Waals surface area contributed by atoms with Gasteiger partial charge in [-0.1, -0.05) is 12.1 Å². The molecule has 0 aliphatic heterocycles. The molecule has 1 aromatic heterocycles. The van der Waals surface area contributed by atoms with Crippen LogP contribution in [0.15, 0.2) is 45.6 Å². The first kappa shape index (κ1) is 13.2. The van der Waals surface area contributed by atoms with Gasteiger partial charge in [-0.25, -0.2) is 4.98 Å². The molecule has 0 unspecified atom stereocenters. The van der Waals surface area contributed by atoms with E-state index in [1.54, 1.807) is 12.1 Å². The van der Waals surface area contributed by atoms with Crippen molar-refractivity contribution in [3.63, 3.8) is 0 Å². The van der Waals surface area contributed by atoms with Crippen molar-refractivity contribution in [1.29, 1.82) is 0 Å². The molecule has 92 valence electrons. The zero-order valence-electron chi connectivity index (χ0n) is 9.58. The fourth-order valence-corrected chi connectivity index (χ4v) is 2.05. The van der Waals surface area contributed by atoms with Gasteiger partial charge in [-0.2, -0.15) is 0 Å². The monoisotopic (exact) mass is 368 g/mol. The first-order valence-corrected chi connectivity index (χ1v) is 6.84. The lowest BCUT2D eigenvalue weighted by Gasteiger charge is -2.08. The number of carbonyl (C=O) groups is 1. The van der Waals surface area contributed by atoms with Gasteiger partial charge in [0.25, 0.3) is 5.91 Å².